The SMILES string of the molecule is CCNC(=NCCc1ccc(-c2nc(CC)no2)cc1)NC1CC1. The van der Waals surface area contributed by atoms with E-state index in [-0.39, 0.29) is 0 Å². The van der Waals surface area contributed by atoms with Gasteiger partial charge in [-0.3, -0.25) is 4.99 Å². The molecule has 0 atom stereocenters. The Morgan fingerprint density at radius 1 is 1.25 bits per heavy atom. The van der Waals surface area contributed by atoms with E-state index in [0.29, 0.717) is 11.9 Å². The Morgan fingerprint density at radius 2 is 2.04 bits per heavy atom. The van der Waals surface area contributed by atoms with Crippen LogP contribution in [0.3, 0.4) is 0 Å². The number of hydrogen-bond donors (Lipinski definition) is 2. The molecule has 1 heterocycles. The highest BCUT2D eigenvalue weighted by atomic mass is 16.5. The third-order valence-corrected chi connectivity index (χ3v) is 3.92. The lowest BCUT2D eigenvalue weighted by Crippen LogP contribution is -2.38. The molecule has 1 fully saturated rings. The summed E-state index contributed by atoms with van der Waals surface area (Å²) in [6.45, 7) is 5.75. The summed E-state index contributed by atoms with van der Waals surface area (Å²) in [5.74, 6) is 2.25. The predicted octanol–water partition coefficient (Wildman–Crippen LogP) is 2.56. The van der Waals surface area contributed by atoms with Crippen LogP contribution < -0.4 is 10.6 Å². The Hall–Kier alpha value is -2.37. The van der Waals surface area contributed by atoms with Crippen molar-refractivity contribution in [2.24, 2.45) is 4.99 Å². The molecule has 0 unspecified atom stereocenters. The number of aliphatic imine (C=N–C) groups is 1. The van der Waals surface area contributed by atoms with Gasteiger partial charge in [-0.05, 0) is 43.9 Å². The fraction of sp³-hybridized carbons (Fsp3) is 0.500. The van der Waals surface area contributed by atoms with Crippen LogP contribution in [0.15, 0.2) is 33.8 Å². The average Bonchev–Trinajstić information content (AvgIpc) is 3.29. The lowest BCUT2D eigenvalue weighted by atomic mass is 10.1. The van der Waals surface area contributed by atoms with Crippen molar-refractivity contribution in [1.29, 1.82) is 0 Å². The van der Waals surface area contributed by atoms with E-state index in [2.05, 4.69) is 44.8 Å². The van der Waals surface area contributed by atoms with Crippen molar-refractivity contribution in [2.75, 3.05) is 13.1 Å². The van der Waals surface area contributed by atoms with Crippen LogP contribution in [-0.2, 0) is 12.8 Å². The van der Waals surface area contributed by atoms with Crippen molar-refractivity contribution in [3.63, 3.8) is 0 Å². The van der Waals surface area contributed by atoms with Crippen LogP contribution in [0.4, 0.5) is 0 Å². The Kier molecular flexibility index (Phi) is 5.46. The van der Waals surface area contributed by atoms with Gasteiger partial charge in [0.05, 0.1) is 0 Å². The zero-order valence-electron chi connectivity index (χ0n) is 14.4. The lowest BCUT2D eigenvalue weighted by Gasteiger charge is -2.10. The molecule has 6 nitrogen and oxygen atoms in total. The number of benzene rings is 1. The van der Waals surface area contributed by atoms with Gasteiger partial charge in [-0.25, -0.2) is 0 Å². The molecule has 1 aliphatic rings. The largest absolute Gasteiger partial charge is 0.357 e. The van der Waals surface area contributed by atoms with Crippen LogP contribution in [-0.4, -0.2) is 35.2 Å². The van der Waals surface area contributed by atoms with Crippen LogP contribution in [0.25, 0.3) is 11.5 Å². The summed E-state index contributed by atoms with van der Waals surface area (Å²) in [6, 6.07) is 8.87. The van der Waals surface area contributed by atoms with Crippen LogP contribution in [0.5, 0.6) is 0 Å². The van der Waals surface area contributed by atoms with Gasteiger partial charge in [-0.15, -0.1) is 0 Å². The first-order valence-electron chi connectivity index (χ1n) is 8.75. The molecule has 0 bridgehead atoms. The minimum atomic E-state index is 0.583. The maximum atomic E-state index is 5.26. The number of nitrogens with one attached hydrogen (secondary N) is 2. The van der Waals surface area contributed by atoms with Crippen LogP contribution in [0.1, 0.15) is 38.1 Å². The van der Waals surface area contributed by atoms with Crippen molar-refractivity contribution in [2.45, 2.75) is 45.6 Å². The molecule has 1 aromatic heterocycles. The van der Waals surface area contributed by atoms with Gasteiger partial charge in [0.2, 0.25) is 0 Å². The third kappa shape index (κ3) is 4.57. The summed E-state index contributed by atoms with van der Waals surface area (Å²) >= 11 is 0. The molecule has 2 aromatic rings. The number of guanidine groups is 1. The quantitative estimate of drug-likeness (QED) is 0.604. The van der Waals surface area contributed by atoms with Crippen molar-refractivity contribution in [1.82, 2.24) is 20.8 Å². The van der Waals surface area contributed by atoms with Gasteiger partial charge < -0.3 is 15.2 Å². The molecule has 1 aromatic carbocycles. The van der Waals surface area contributed by atoms with E-state index in [1.54, 1.807) is 0 Å². The number of rotatable bonds is 7. The molecule has 2 N–H and O–H groups in total. The summed E-state index contributed by atoms with van der Waals surface area (Å²) in [4.78, 5) is 8.99. The minimum Gasteiger partial charge on any atom is -0.357 e. The molecule has 1 saturated carbocycles. The van der Waals surface area contributed by atoms with E-state index in [9.17, 15) is 0 Å². The lowest BCUT2D eigenvalue weighted by molar-refractivity contribution is 0.423. The molecule has 1 aliphatic carbocycles. The van der Waals surface area contributed by atoms with E-state index in [4.69, 9.17) is 4.52 Å². The van der Waals surface area contributed by atoms with E-state index in [1.807, 2.05) is 19.1 Å². The zero-order chi connectivity index (χ0) is 16.8. The van der Waals surface area contributed by atoms with Gasteiger partial charge in [0.25, 0.3) is 5.89 Å². The maximum absolute atomic E-state index is 5.26. The number of nitrogens with zero attached hydrogens (tertiary/aromatic N) is 3. The van der Waals surface area contributed by atoms with Gasteiger partial charge in [-0.2, -0.15) is 4.98 Å². The summed E-state index contributed by atoms with van der Waals surface area (Å²) in [5, 5.41) is 10.6. The molecule has 128 valence electrons. The van der Waals surface area contributed by atoms with Crippen molar-refractivity contribution in [3.05, 3.63) is 35.7 Å². The summed E-state index contributed by atoms with van der Waals surface area (Å²) in [5.41, 5.74) is 2.21. The maximum Gasteiger partial charge on any atom is 0.257 e. The Bertz CT molecular complexity index is 673. The fourth-order valence-corrected chi connectivity index (χ4v) is 2.37. The summed E-state index contributed by atoms with van der Waals surface area (Å²) in [6.07, 6.45) is 4.19. The zero-order valence-corrected chi connectivity index (χ0v) is 14.4. The Balaban J connectivity index is 1.55. The first-order chi connectivity index (χ1) is 11.8. The van der Waals surface area contributed by atoms with Gasteiger partial charge in [0.1, 0.15) is 0 Å². The fourth-order valence-electron chi connectivity index (χ4n) is 2.37. The molecular weight excluding hydrogens is 302 g/mol. The smallest absolute Gasteiger partial charge is 0.257 e. The highest BCUT2D eigenvalue weighted by Crippen LogP contribution is 2.19. The number of hydrogen-bond acceptors (Lipinski definition) is 4. The molecule has 24 heavy (non-hydrogen) atoms. The predicted molar refractivity (Wildman–Crippen MR) is 95.0 cm³/mol. The average molecular weight is 327 g/mol. The monoisotopic (exact) mass is 327 g/mol. The number of aryl methyl sites for hydroxylation is 1. The van der Waals surface area contributed by atoms with Gasteiger partial charge in [0, 0.05) is 31.1 Å². The first kappa shape index (κ1) is 16.5. The highest BCUT2D eigenvalue weighted by molar-refractivity contribution is 5.80. The standard InChI is InChI=1S/C18H25N5O/c1-3-16-22-17(24-23-16)14-7-5-13(6-8-14)11-12-20-18(19-4-2)21-15-9-10-15/h5-8,15H,3-4,9-12H2,1-2H3,(H2,19,20,21). The van der Waals surface area contributed by atoms with E-state index in [0.717, 1.165) is 43.3 Å². The van der Waals surface area contributed by atoms with Crippen LogP contribution >= 0.6 is 0 Å². The van der Waals surface area contributed by atoms with Crippen LogP contribution in [0, 0.1) is 0 Å². The highest BCUT2D eigenvalue weighted by Gasteiger charge is 2.21. The van der Waals surface area contributed by atoms with E-state index >= 15 is 0 Å². The molecular formula is C18H25N5O. The van der Waals surface area contributed by atoms with Crippen LogP contribution in [0.2, 0.25) is 0 Å². The van der Waals surface area contributed by atoms with E-state index in [1.165, 1.54) is 18.4 Å². The second-order valence-corrected chi connectivity index (χ2v) is 6.00. The summed E-state index contributed by atoms with van der Waals surface area (Å²) < 4.78 is 5.26. The molecule has 6 heteroatoms. The minimum absolute atomic E-state index is 0.583. The summed E-state index contributed by atoms with van der Waals surface area (Å²) in [7, 11) is 0. The number of aromatic nitrogens is 2. The van der Waals surface area contributed by atoms with Gasteiger partial charge >= 0.3 is 0 Å². The Morgan fingerprint density at radius 3 is 2.67 bits per heavy atom. The van der Waals surface area contributed by atoms with Crippen molar-refractivity contribution >= 4 is 5.96 Å². The van der Waals surface area contributed by atoms with Crippen molar-refractivity contribution < 1.29 is 4.52 Å². The molecule has 0 spiro atoms. The third-order valence-electron chi connectivity index (χ3n) is 3.92. The molecule has 0 amide bonds. The Labute approximate surface area is 142 Å². The van der Waals surface area contributed by atoms with Gasteiger partial charge in [0.15, 0.2) is 11.8 Å². The van der Waals surface area contributed by atoms with E-state index < -0.39 is 0 Å². The second kappa shape index (κ2) is 7.95. The topological polar surface area (TPSA) is 75.3 Å². The molecule has 0 aliphatic heterocycles. The van der Waals surface area contributed by atoms with Gasteiger partial charge in [-0.1, -0.05) is 24.2 Å². The molecule has 0 saturated heterocycles. The second-order valence-electron chi connectivity index (χ2n) is 6.00. The first-order valence-corrected chi connectivity index (χ1v) is 8.75. The molecule has 3 rings (SSSR count). The normalized spacial score (nSPS) is 14.7. The molecule has 0 radical (unpaired) electrons. The van der Waals surface area contributed by atoms with Crippen molar-refractivity contribution in [3.8, 4) is 11.5 Å².